The predicted octanol–water partition coefficient (Wildman–Crippen LogP) is 3.40. The molecule has 0 saturated heterocycles. The lowest BCUT2D eigenvalue weighted by Crippen LogP contribution is -1.82. The summed E-state index contributed by atoms with van der Waals surface area (Å²) < 4.78 is 12.6. The van der Waals surface area contributed by atoms with Gasteiger partial charge in [0, 0.05) is 12.6 Å². The first-order valence-corrected chi connectivity index (χ1v) is 5.20. The van der Waals surface area contributed by atoms with Gasteiger partial charge in [0.2, 0.25) is 0 Å². The molecule has 0 spiro atoms. The van der Waals surface area contributed by atoms with Gasteiger partial charge in [0.05, 0.1) is 5.02 Å². The van der Waals surface area contributed by atoms with Gasteiger partial charge in [-0.05, 0) is 29.7 Å². The molecular formula is C13H9ClFN. The van der Waals surface area contributed by atoms with Crippen LogP contribution in [0.15, 0.2) is 36.5 Å². The smallest absolute Gasteiger partial charge is 0.123 e. The first kappa shape index (κ1) is 10.8. The summed E-state index contributed by atoms with van der Waals surface area (Å²) in [5, 5.41) is 0.617. The Labute approximate surface area is 98.3 Å². The average molecular weight is 234 g/mol. The lowest BCUT2D eigenvalue weighted by atomic mass is 10.1. The van der Waals surface area contributed by atoms with E-state index >= 15 is 0 Å². The van der Waals surface area contributed by atoms with Crippen molar-refractivity contribution in [1.82, 2.24) is 4.98 Å². The molecule has 0 unspecified atom stereocenters. The molecule has 0 bridgehead atoms. The second-order valence-corrected chi connectivity index (χ2v) is 3.71. The number of nitrogens with one attached hydrogen (secondary N) is 1. The minimum absolute atomic E-state index is 0.232. The van der Waals surface area contributed by atoms with Crippen LogP contribution in [-0.2, 0) is 6.42 Å². The molecule has 0 atom stereocenters. The third-order valence-corrected chi connectivity index (χ3v) is 2.43. The van der Waals surface area contributed by atoms with Crippen molar-refractivity contribution in [3.63, 3.8) is 0 Å². The first-order valence-electron chi connectivity index (χ1n) is 4.82. The number of H-pyrrole nitrogens is 1. The van der Waals surface area contributed by atoms with E-state index in [4.69, 9.17) is 11.6 Å². The Balaban J connectivity index is 2.05. The van der Waals surface area contributed by atoms with Crippen LogP contribution in [0.1, 0.15) is 11.3 Å². The van der Waals surface area contributed by atoms with Gasteiger partial charge in [0.25, 0.3) is 0 Å². The maximum atomic E-state index is 12.6. The van der Waals surface area contributed by atoms with Gasteiger partial charge < -0.3 is 4.98 Å². The molecule has 1 nitrogen and oxygen atoms in total. The summed E-state index contributed by atoms with van der Waals surface area (Å²) in [5.74, 6) is 5.67. The van der Waals surface area contributed by atoms with Gasteiger partial charge in [-0.3, -0.25) is 0 Å². The highest BCUT2D eigenvalue weighted by molar-refractivity contribution is 6.31. The fourth-order valence-electron chi connectivity index (χ4n) is 1.28. The predicted molar refractivity (Wildman–Crippen MR) is 62.8 cm³/mol. The fraction of sp³-hybridized carbons (Fsp3) is 0.0769. The third-order valence-electron chi connectivity index (χ3n) is 2.12. The molecule has 0 aliphatic rings. The van der Waals surface area contributed by atoms with E-state index in [1.165, 1.54) is 12.1 Å². The zero-order valence-corrected chi connectivity index (χ0v) is 9.18. The minimum Gasteiger partial charge on any atom is -0.354 e. The van der Waals surface area contributed by atoms with E-state index in [0.717, 1.165) is 5.56 Å². The summed E-state index contributed by atoms with van der Waals surface area (Å²) in [6, 6.07) is 8.06. The van der Waals surface area contributed by atoms with Crippen LogP contribution in [0, 0.1) is 17.7 Å². The summed E-state index contributed by atoms with van der Waals surface area (Å²) in [4.78, 5) is 2.94. The second-order valence-electron chi connectivity index (χ2n) is 3.31. The Bertz CT molecular complexity index is 531. The van der Waals surface area contributed by atoms with Crippen molar-refractivity contribution in [3.8, 4) is 11.8 Å². The van der Waals surface area contributed by atoms with Crippen molar-refractivity contribution in [2.45, 2.75) is 6.42 Å². The van der Waals surface area contributed by atoms with Crippen molar-refractivity contribution in [1.29, 1.82) is 0 Å². The van der Waals surface area contributed by atoms with Crippen molar-refractivity contribution in [2.75, 3.05) is 0 Å². The van der Waals surface area contributed by atoms with Crippen LogP contribution < -0.4 is 0 Å². The Morgan fingerprint density at radius 3 is 2.56 bits per heavy atom. The fourth-order valence-corrected chi connectivity index (χ4v) is 1.45. The molecule has 3 heteroatoms. The Morgan fingerprint density at radius 1 is 1.19 bits per heavy atom. The Morgan fingerprint density at radius 2 is 1.94 bits per heavy atom. The van der Waals surface area contributed by atoms with Crippen molar-refractivity contribution in [3.05, 3.63) is 58.6 Å². The van der Waals surface area contributed by atoms with Gasteiger partial charge in [-0.25, -0.2) is 4.39 Å². The topological polar surface area (TPSA) is 15.8 Å². The molecule has 1 aromatic carbocycles. The normalized spacial score (nSPS) is 9.62. The highest BCUT2D eigenvalue weighted by Crippen LogP contribution is 2.11. The van der Waals surface area contributed by atoms with Crippen LogP contribution in [0.2, 0.25) is 5.02 Å². The number of halogens is 2. The maximum Gasteiger partial charge on any atom is 0.123 e. The number of aromatic amines is 1. The van der Waals surface area contributed by atoms with E-state index in [0.29, 0.717) is 17.1 Å². The molecule has 2 rings (SSSR count). The lowest BCUT2D eigenvalue weighted by Gasteiger charge is -1.93. The van der Waals surface area contributed by atoms with Crippen LogP contribution in [0.3, 0.4) is 0 Å². The number of aromatic nitrogens is 1. The molecule has 1 heterocycles. The average Bonchev–Trinajstić information content (AvgIpc) is 2.68. The molecule has 16 heavy (non-hydrogen) atoms. The standard InChI is InChI=1S/C13H9ClFN/c14-12-8-9-16-13(12)3-1-2-10-4-6-11(15)7-5-10/h4-9,16H,2H2. The molecular weight excluding hydrogens is 225 g/mol. The van der Waals surface area contributed by atoms with E-state index in [1.807, 2.05) is 0 Å². The van der Waals surface area contributed by atoms with Crippen LogP contribution in [0.25, 0.3) is 0 Å². The molecule has 0 aliphatic heterocycles. The van der Waals surface area contributed by atoms with Gasteiger partial charge >= 0.3 is 0 Å². The van der Waals surface area contributed by atoms with E-state index in [2.05, 4.69) is 16.8 Å². The van der Waals surface area contributed by atoms with Crippen molar-refractivity contribution >= 4 is 11.6 Å². The third kappa shape index (κ3) is 2.65. The number of hydrogen-bond donors (Lipinski definition) is 1. The zero-order valence-electron chi connectivity index (χ0n) is 8.43. The molecule has 0 aliphatic carbocycles. The van der Waals surface area contributed by atoms with Gasteiger partial charge in [-0.2, -0.15) is 0 Å². The van der Waals surface area contributed by atoms with E-state index in [1.54, 1.807) is 24.4 Å². The quantitative estimate of drug-likeness (QED) is 0.727. The van der Waals surface area contributed by atoms with Crippen LogP contribution >= 0.6 is 11.6 Å². The van der Waals surface area contributed by atoms with Gasteiger partial charge in [-0.15, -0.1) is 0 Å². The van der Waals surface area contributed by atoms with Gasteiger partial charge in [0.15, 0.2) is 0 Å². The summed E-state index contributed by atoms with van der Waals surface area (Å²) >= 11 is 5.86. The molecule has 0 saturated carbocycles. The van der Waals surface area contributed by atoms with Crippen LogP contribution in [0.4, 0.5) is 4.39 Å². The number of hydrogen-bond acceptors (Lipinski definition) is 0. The summed E-state index contributed by atoms with van der Waals surface area (Å²) in [5.41, 5.74) is 1.69. The van der Waals surface area contributed by atoms with Crippen molar-refractivity contribution < 1.29 is 4.39 Å². The van der Waals surface area contributed by atoms with Crippen molar-refractivity contribution in [2.24, 2.45) is 0 Å². The van der Waals surface area contributed by atoms with E-state index in [-0.39, 0.29) is 5.82 Å². The molecule has 0 fully saturated rings. The molecule has 1 aromatic heterocycles. The monoisotopic (exact) mass is 233 g/mol. The molecule has 1 N–H and O–H groups in total. The highest BCUT2D eigenvalue weighted by Gasteiger charge is 1.95. The molecule has 0 radical (unpaired) electrons. The first-order chi connectivity index (χ1) is 7.75. The number of rotatable bonds is 1. The van der Waals surface area contributed by atoms with Crippen LogP contribution in [0.5, 0.6) is 0 Å². The zero-order chi connectivity index (χ0) is 11.4. The summed E-state index contributed by atoms with van der Waals surface area (Å²) in [6.07, 6.45) is 2.32. The SMILES string of the molecule is Fc1ccc(CC#Cc2[nH]ccc2Cl)cc1. The second kappa shape index (κ2) is 4.87. The van der Waals surface area contributed by atoms with E-state index < -0.39 is 0 Å². The maximum absolute atomic E-state index is 12.6. The van der Waals surface area contributed by atoms with Gasteiger partial charge in [-0.1, -0.05) is 29.7 Å². The largest absolute Gasteiger partial charge is 0.354 e. The minimum atomic E-state index is -0.232. The lowest BCUT2D eigenvalue weighted by molar-refractivity contribution is 0.627. The molecule has 80 valence electrons. The molecule has 2 aromatic rings. The van der Waals surface area contributed by atoms with Gasteiger partial charge in [0.1, 0.15) is 11.5 Å². The Hall–Kier alpha value is -1.72. The Kier molecular flexibility index (Phi) is 3.28. The molecule has 0 amide bonds. The summed E-state index contributed by atoms with van der Waals surface area (Å²) in [6.45, 7) is 0. The number of benzene rings is 1. The summed E-state index contributed by atoms with van der Waals surface area (Å²) in [7, 11) is 0. The van der Waals surface area contributed by atoms with Crippen LogP contribution in [-0.4, -0.2) is 4.98 Å². The van der Waals surface area contributed by atoms with E-state index in [9.17, 15) is 4.39 Å². The highest BCUT2D eigenvalue weighted by atomic mass is 35.5.